The zero-order valence-electron chi connectivity index (χ0n) is 10.4. The topological polar surface area (TPSA) is 53.1 Å². The number of nitrogens with zero attached hydrogens (tertiary/aromatic N) is 2. The van der Waals surface area contributed by atoms with Gasteiger partial charge in [-0.25, -0.2) is 4.98 Å². The molecular formula is C13H19N3O. The number of benzene rings is 1. The summed E-state index contributed by atoms with van der Waals surface area (Å²) in [5, 5.41) is 0. The number of hydrogen-bond acceptors (Lipinski definition) is 3. The van der Waals surface area contributed by atoms with Gasteiger partial charge in [-0.15, -0.1) is 0 Å². The van der Waals surface area contributed by atoms with Gasteiger partial charge in [0.1, 0.15) is 11.3 Å². The number of aromatic nitrogens is 2. The number of hydrogen-bond donors (Lipinski definition) is 1. The molecule has 1 aromatic carbocycles. The van der Waals surface area contributed by atoms with Crippen molar-refractivity contribution in [3.63, 3.8) is 0 Å². The summed E-state index contributed by atoms with van der Waals surface area (Å²) in [4.78, 5) is 4.38. The monoisotopic (exact) mass is 233 g/mol. The molecule has 1 heterocycles. The summed E-state index contributed by atoms with van der Waals surface area (Å²) in [7, 11) is 1.65. The molecule has 0 atom stereocenters. The molecule has 0 spiro atoms. The predicted molar refractivity (Wildman–Crippen MR) is 70.2 cm³/mol. The summed E-state index contributed by atoms with van der Waals surface area (Å²) >= 11 is 0. The van der Waals surface area contributed by atoms with E-state index >= 15 is 0 Å². The molecule has 4 heteroatoms. The van der Waals surface area contributed by atoms with Gasteiger partial charge in [0, 0.05) is 6.54 Å². The minimum absolute atomic E-state index is 0.570. The van der Waals surface area contributed by atoms with E-state index in [1.807, 2.05) is 18.2 Å². The van der Waals surface area contributed by atoms with Crippen molar-refractivity contribution in [2.45, 2.75) is 32.7 Å². The van der Waals surface area contributed by atoms with Gasteiger partial charge in [0.25, 0.3) is 0 Å². The van der Waals surface area contributed by atoms with E-state index in [9.17, 15) is 0 Å². The lowest BCUT2D eigenvalue weighted by molar-refractivity contribution is 0.419. The van der Waals surface area contributed by atoms with E-state index in [1.54, 1.807) is 7.11 Å². The number of imidazole rings is 1. The number of anilines is 1. The van der Waals surface area contributed by atoms with Crippen molar-refractivity contribution < 1.29 is 4.74 Å². The van der Waals surface area contributed by atoms with Crippen molar-refractivity contribution in [2.75, 3.05) is 12.8 Å². The molecule has 2 aromatic rings. The summed E-state index contributed by atoms with van der Waals surface area (Å²) in [6.07, 6.45) is 3.54. The molecule has 1 aromatic heterocycles. The molecule has 92 valence electrons. The van der Waals surface area contributed by atoms with Crippen LogP contribution in [0.2, 0.25) is 0 Å². The molecule has 0 aliphatic carbocycles. The Labute approximate surface area is 101 Å². The van der Waals surface area contributed by atoms with E-state index in [2.05, 4.69) is 16.5 Å². The highest BCUT2D eigenvalue weighted by atomic mass is 16.5. The lowest BCUT2D eigenvalue weighted by Crippen LogP contribution is -2.03. The zero-order valence-corrected chi connectivity index (χ0v) is 10.4. The molecule has 0 unspecified atom stereocenters. The number of methoxy groups -OCH3 is 1. The number of aryl methyl sites for hydroxylation is 1. The first-order valence-corrected chi connectivity index (χ1v) is 6.06. The fraction of sp³-hybridized carbons (Fsp3) is 0.462. The summed E-state index contributed by atoms with van der Waals surface area (Å²) in [5.74, 6) is 1.35. The number of para-hydroxylation sites is 1. The minimum atomic E-state index is 0.570. The van der Waals surface area contributed by atoms with E-state index in [4.69, 9.17) is 10.5 Å². The van der Waals surface area contributed by atoms with Gasteiger partial charge in [0.15, 0.2) is 0 Å². The van der Waals surface area contributed by atoms with Crippen molar-refractivity contribution in [1.29, 1.82) is 0 Å². The smallest absolute Gasteiger partial charge is 0.201 e. The molecule has 0 amide bonds. The maximum atomic E-state index is 5.96. The van der Waals surface area contributed by atoms with Gasteiger partial charge in [-0.1, -0.05) is 25.8 Å². The van der Waals surface area contributed by atoms with E-state index in [-0.39, 0.29) is 0 Å². The van der Waals surface area contributed by atoms with E-state index in [1.165, 1.54) is 12.8 Å². The second-order valence-corrected chi connectivity index (χ2v) is 4.16. The van der Waals surface area contributed by atoms with Crippen LogP contribution in [0.3, 0.4) is 0 Å². The SMILES string of the molecule is CCCCCn1c(N)nc2c(OC)cccc21. The van der Waals surface area contributed by atoms with Crippen LogP contribution >= 0.6 is 0 Å². The van der Waals surface area contributed by atoms with E-state index in [0.717, 1.165) is 29.7 Å². The zero-order chi connectivity index (χ0) is 12.3. The number of nitrogens with two attached hydrogens (primary N) is 1. The molecule has 0 radical (unpaired) electrons. The Kier molecular flexibility index (Phi) is 3.52. The maximum absolute atomic E-state index is 5.96. The quantitative estimate of drug-likeness (QED) is 0.808. The Bertz CT molecular complexity index is 505. The Morgan fingerprint density at radius 2 is 2.18 bits per heavy atom. The summed E-state index contributed by atoms with van der Waals surface area (Å²) in [6, 6.07) is 5.91. The highest BCUT2D eigenvalue weighted by Crippen LogP contribution is 2.26. The number of fused-ring (bicyclic) bond motifs is 1. The fourth-order valence-corrected chi connectivity index (χ4v) is 2.06. The average Bonchev–Trinajstić information content (AvgIpc) is 2.66. The summed E-state index contributed by atoms with van der Waals surface area (Å²) < 4.78 is 7.35. The molecule has 17 heavy (non-hydrogen) atoms. The molecule has 0 aliphatic rings. The first-order chi connectivity index (χ1) is 8.27. The van der Waals surface area contributed by atoms with Crippen LogP contribution in [0.5, 0.6) is 5.75 Å². The Hall–Kier alpha value is -1.71. The number of nitrogen functional groups attached to an aromatic ring is 1. The lowest BCUT2D eigenvalue weighted by Gasteiger charge is -2.06. The second-order valence-electron chi connectivity index (χ2n) is 4.16. The van der Waals surface area contributed by atoms with Crippen LogP contribution in [0.1, 0.15) is 26.2 Å². The Morgan fingerprint density at radius 1 is 1.35 bits per heavy atom. The molecule has 0 aliphatic heterocycles. The van der Waals surface area contributed by atoms with Crippen LogP contribution in [0.4, 0.5) is 5.95 Å². The van der Waals surface area contributed by atoms with Crippen LogP contribution < -0.4 is 10.5 Å². The minimum Gasteiger partial charge on any atom is -0.494 e. The van der Waals surface area contributed by atoms with Gasteiger partial charge in [0.05, 0.1) is 12.6 Å². The van der Waals surface area contributed by atoms with Crippen molar-refractivity contribution in [2.24, 2.45) is 0 Å². The van der Waals surface area contributed by atoms with Crippen LogP contribution in [0.25, 0.3) is 11.0 Å². The number of ether oxygens (including phenoxy) is 1. The summed E-state index contributed by atoms with van der Waals surface area (Å²) in [6.45, 7) is 3.11. The van der Waals surface area contributed by atoms with E-state index < -0.39 is 0 Å². The lowest BCUT2D eigenvalue weighted by atomic mass is 10.2. The van der Waals surface area contributed by atoms with Crippen LogP contribution in [-0.2, 0) is 6.54 Å². The van der Waals surface area contributed by atoms with Gasteiger partial charge in [0.2, 0.25) is 5.95 Å². The largest absolute Gasteiger partial charge is 0.494 e. The van der Waals surface area contributed by atoms with Gasteiger partial charge >= 0.3 is 0 Å². The van der Waals surface area contributed by atoms with Crippen LogP contribution in [0.15, 0.2) is 18.2 Å². The third-order valence-corrected chi connectivity index (χ3v) is 2.98. The van der Waals surface area contributed by atoms with Crippen molar-refractivity contribution in [3.05, 3.63) is 18.2 Å². The maximum Gasteiger partial charge on any atom is 0.201 e. The normalized spacial score (nSPS) is 10.9. The van der Waals surface area contributed by atoms with Crippen LogP contribution in [0, 0.1) is 0 Å². The van der Waals surface area contributed by atoms with Crippen molar-refractivity contribution in [1.82, 2.24) is 9.55 Å². The van der Waals surface area contributed by atoms with Gasteiger partial charge in [-0.05, 0) is 18.6 Å². The van der Waals surface area contributed by atoms with E-state index in [0.29, 0.717) is 5.95 Å². The van der Waals surface area contributed by atoms with Crippen molar-refractivity contribution in [3.8, 4) is 5.75 Å². The number of rotatable bonds is 5. The first-order valence-electron chi connectivity index (χ1n) is 6.06. The second kappa shape index (κ2) is 5.08. The number of unbranched alkanes of at least 4 members (excludes halogenated alkanes) is 2. The first kappa shape index (κ1) is 11.8. The Morgan fingerprint density at radius 3 is 2.88 bits per heavy atom. The van der Waals surface area contributed by atoms with Crippen molar-refractivity contribution >= 4 is 17.0 Å². The average molecular weight is 233 g/mol. The third-order valence-electron chi connectivity index (χ3n) is 2.98. The Balaban J connectivity index is 2.38. The molecule has 4 nitrogen and oxygen atoms in total. The predicted octanol–water partition coefficient (Wildman–Crippen LogP) is 2.82. The van der Waals surface area contributed by atoms with Gasteiger partial charge in [-0.3, -0.25) is 0 Å². The fourth-order valence-electron chi connectivity index (χ4n) is 2.06. The molecule has 2 rings (SSSR count). The summed E-state index contributed by atoms with van der Waals surface area (Å²) in [5.41, 5.74) is 7.86. The molecular weight excluding hydrogens is 214 g/mol. The van der Waals surface area contributed by atoms with Gasteiger partial charge < -0.3 is 15.0 Å². The third kappa shape index (κ3) is 2.20. The van der Waals surface area contributed by atoms with Gasteiger partial charge in [-0.2, -0.15) is 0 Å². The highest BCUT2D eigenvalue weighted by molar-refractivity contribution is 5.84. The standard InChI is InChI=1S/C13H19N3O/c1-3-4-5-9-16-10-7-6-8-11(17-2)12(10)15-13(16)14/h6-8H,3-5,9H2,1-2H3,(H2,14,15). The molecule has 0 saturated carbocycles. The highest BCUT2D eigenvalue weighted by Gasteiger charge is 2.11. The molecule has 2 N–H and O–H groups in total. The molecule has 0 bridgehead atoms. The molecule has 0 saturated heterocycles. The molecule has 0 fully saturated rings. The van der Waals surface area contributed by atoms with Crippen LogP contribution in [-0.4, -0.2) is 16.7 Å².